The maximum Gasteiger partial charge on any atom is 0.225 e. The Balaban J connectivity index is 2.05. The van der Waals surface area contributed by atoms with E-state index in [4.69, 9.17) is 4.74 Å². The second-order valence-electron chi connectivity index (χ2n) is 8.75. The molecule has 4 N–H and O–H groups in total. The SMILES string of the molecule is CCCCCCCCCCCCCCNC(=O)C(C)C1O[C@@H](C)[C@H](O)[C@@H](O)[C@H]1O. The lowest BCUT2D eigenvalue weighted by Gasteiger charge is -2.41. The van der Waals surface area contributed by atoms with Gasteiger partial charge in [0.15, 0.2) is 0 Å². The van der Waals surface area contributed by atoms with E-state index in [-0.39, 0.29) is 5.91 Å². The first-order chi connectivity index (χ1) is 13.9. The second kappa shape index (κ2) is 15.2. The summed E-state index contributed by atoms with van der Waals surface area (Å²) in [4.78, 5) is 12.3. The Bertz CT molecular complexity index is 433. The summed E-state index contributed by atoms with van der Waals surface area (Å²) < 4.78 is 5.56. The molecule has 1 fully saturated rings. The number of rotatable bonds is 15. The van der Waals surface area contributed by atoms with Gasteiger partial charge in [-0.3, -0.25) is 4.79 Å². The van der Waals surface area contributed by atoms with Gasteiger partial charge in [-0.2, -0.15) is 0 Å². The lowest BCUT2D eigenvalue weighted by molar-refractivity contribution is -0.227. The van der Waals surface area contributed by atoms with E-state index in [2.05, 4.69) is 12.2 Å². The molecule has 1 rings (SSSR count). The molecule has 1 amide bonds. The molecule has 1 heterocycles. The molecule has 6 heteroatoms. The second-order valence-corrected chi connectivity index (χ2v) is 8.75. The average Bonchev–Trinajstić information content (AvgIpc) is 2.71. The summed E-state index contributed by atoms with van der Waals surface area (Å²) in [6, 6.07) is 0. The third kappa shape index (κ3) is 9.77. The van der Waals surface area contributed by atoms with Crippen LogP contribution in [0.5, 0.6) is 0 Å². The number of hydrogen-bond acceptors (Lipinski definition) is 5. The number of nitrogens with one attached hydrogen (secondary N) is 1. The third-order valence-corrected chi connectivity index (χ3v) is 6.13. The molecule has 6 nitrogen and oxygen atoms in total. The highest BCUT2D eigenvalue weighted by atomic mass is 16.5. The molecule has 0 radical (unpaired) electrons. The summed E-state index contributed by atoms with van der Waals surface area (Å²) in [5.74, 6) is -0.778. The van der Waals surface area contributed by atoms with Crippen LogP contribution in [0.4, 0.5) is 0 Å². The fraction of sp³-hybridized carbons (Fsp3) is 0.957. The van der Waals surface area contributed by atoms with E-state index in [0.717, 1.165) is 12.8 Å². The summed E-state index contributed by atoms with van der Waals surface area (Å²) in [5.41, 5.74) is 0. The maximum atomic E-state index is 12.3. The number of hydrogen-bond donors (Lipinski definition) is 4. The normalized spacial score (nSPS) is 28.3. The van der Waals surface area contributed by atoms with Gasteiger partial charge in [0.05, 0.1) is 18.1 Å². The lowest BCUT2D eigenvalue weighted by atomic mass is 9.88. The smallest absolute Gasteiger partial charge is 0.225 e. The van der Waals surface area contributed by atoms with E-state index < -0.39 is 36.4 Å². The van der Waals surface area contributed by atoms with Crippen LogP contribution in [0.15, 0.2) is 0 Å². The standard InChI is InChI=1S/C23H45NO5/c1-4-5-6-7-8-9-10-11-12-13-14-15-16-24-23(28)17(2)22-21(27)20(26)19(25)18(3)29-22/h17-22,25-27H,4-16H2,1-3H3,(H,24,28)/t17?,18-,19-,20+,21+,22?/m0/s1. The van der Waals surface area contributed by atoms with Crippen LogP contribution in [0.25, 0.3) is 0 Å². The van der Waals surface area contributed by atoms with Gasteiger partial charge in [0.1, 0.15) is 18.3 Å². The summed E-state index contributed by atoms with van der Waals surface area (Å²) in [7, 11) is 0. The van der Waals surface area contributed by atoms with E-state index in [1.807, 2.05) is 0 Å². The molecule has 0 aliphatic carbocycles. The average molecular weight is 416 g/mol. The molecular weight excluding hydrogens is 370 g/mol. The van der Waals surface area contributed by atoms with Crippen molar-refractivity contribution < 1.29 is 24.9 Å². The van der Waals surface area contributed by atoms with E-state index >= 15 is 0 Å². The fourth-order valence-electron chi connectivity index (χ4n) is 3.98. The number of ether oxygens (including phenoxy) is 1. The minimum atomic E-state index is -1.30. The van der Waals surface area contributed by atoms with Crippen molar-refractivity contribution in [3.05, 3.63) is 0 Å². The minimum Gasteiger partial charge on any atom is -0.388 e. The fourth-order valence-corrected chi connectivity index (χ4v) is 3.98. The maximum absolute atomic E-state index is 12.3. The molecule has 29 heavy (non-hydrogen) atoms. The molecule has 0 aromatic rings. The zero-order valence-corrected chi connectivity index (χ0v) is 18.8. The van der Waals surface area contributed by atoms with E-state index in [1.54, 1.807) is 13.8 Å². The number of aliphatic hydroxyl groups excluding tert-OH is 3. The predicted molar refractivity (Wildman–Crippen MR) is 116 cm³/mol. The molecular formula is C23H45NO5. The van der Waals surface area contributed by atoms with Crippen LogP contribution >= 0.6 is 0 Å². The Hall–Kier alpha value is -0.690. The Morgan fingerprint density at radius 3 is 1.83 bits per heavy atom. The van der Waals surface area contributed by atoms with Crippen LogP contribution in [0.2, 0.25) is 0 Å². The first kappa shape index (κ1) is 26.3. The Kier molecular flexibility index (Phi) is 13.8. The van der Waals surface area contributed by atoms with Crippen LogP contribution in [0.1, 0.15) is 97.8 Å². The van der Waals surface area contributed by atoms with Crippen molar-refractivity contribution in [3.8, 4) is 0 Å². The Morgan fingerprint density at radius 1 is 0.828 bits per heavy atom. The largest absolute Gasteiger partial charge is 0.388 e. The summed E-state index contributed by atoms with van der Waals surface area (Å²) in [5, 5.41) is 32.7. The van der Waals surface area contributed by atoms with Crippen molar-refractivity contribution in [2.75, 3.05) is 6.54 Å². The number of carbonyl (C=O) groups excluding carboxylic acids is 1. The van der Waals surface area contributed by atoms with Crippen LogP contribution in [-0.2, 0) is 9.53 Å². The van der Waals surface area contributed by atoms with Crippen molar-refractivity contribution in [2.45, 2.75) is 128 Å². The quantitative estimate of drug-likeness (QED) is 0.308. The van der Waals surface area contributed by atoms with Crippen molar-refractivity contribution in [1.29, 1.82) is 0 Å². The highest BCUT2D eigenvalue weighted by Gasteiger charge is 2.45. The zero-order chi connectivity index (χ0) is 21.6. The van der Waals surface area contributed by atoms with E-state index in [9.17, 15) is 20.1 Å². The molecule has 0 bridgehead atoms. The van der Waals surface area contributed by atoms with Gasteiger partial charge in [-0.25, -0.2) is 0 Å². The van der Waals surface area contributed by atoms with Crippen molar-refractivity contribution >= 4 is 5.91 Å². The third-order valence-electron chi connectivity index (χ3n) is 6.13. The number of aliphatic hydroxyl groups is 3. The van der Waals surface area contributed by atoms with Crippen LogP contribution in [0.3, 0.4) is 0 Å². The molecule has 0 saturated carbocycles. The molecule has 1 aliphatic heterocycles. The molecule has 2 unspecified atom stereocenters. The van der Waals surface area contributed by atoms with E-state index in [0.29, 0.717) is 6.54 Å². The lowest BCUT2D eigenvalue weighted by Crippen LogP contribution is -2.59. The van der Waals surface area contributed by atoms with Gasteiger partial charge >= 0.3 is 0 Å². The molecule has 6 atom stereocenters. The van der Waals surface area contributed by atoms with Gasteiger partial charge in [0, 0.05) is 6.54 Å². The Labute approximate surface area is 177 Å². The van der Waals surface area contributed by atoms with Crippen LogP contribution in [0, 0.1) is 5.92 Å². The van der Waals surface area contributed by atoms with Gasteiger partial charge in [0.25, 0.3) is 0 Å². The first-order valence-electron chi connectivity index (χ1n) is 11.9. The summed E-state index contributed by atoms with van der Waals surface area (Å²) in [6.45, 7) is 6.18. The molecule has 172 valence electrons. The zero-order valence-electron chi connectivity index (χ0n) is 18.8. The Morgan fingerprint density at radius 2 is 1.31 bits per heavy atom. The number of carbonyl (C=O) groups is 1. The molecule has 1 saturated heterocycles. The highest BCUT2D eigenvalue weighted by Crippen LogP contribution is 2.26. The number of amides is 1. The summed E-state index contributed by atoms with van der Waals surface area (Å²) in [6.07, 6.45) is 10.2. The van der Waals surface area contributed by atoms with Gasteiger partial charge in [-0.1, -0.05) is 84.5 Å². The number of unbranched alkanes of at least 4 members (excludes halogenated alkanes) is 11. The van der Waals surface area contributed by atoms with Crippen molar-refractivity contribution in [1.82, 2.24) is 5.32 Å². The minimum absolute atomic E-state index is 0.187. The van der Waals surface area contributed by atoms with E-state index in [1.165, 1.54) is 64.2 Å². The topological polar surface area (TPSA) is 99.0 Å². The predicted octanol–water partition coefficient (Wildman–Crippen LogP) is 3.31. The van der Waals surface area contributed by atoms with Gasteiger partial charge in [-0.15, -0.1) is 0 Å². The molecule has 0 aromatic carbocycles. The molecule has 0 aromatic heterocycles. The highest BCUT2D eigenvalue weighted by molar-refractivity contribution is 5.79. The van der Waals surface area contributed by atoms with Gasteiger partial charge in [0.2, 0.25) is 5.91 Å². The van der Waals surface area contributed by atoms with Crippen molar-refractivity contribution in [3.63, 3.8) is 0 Å². The van der Waals surface area contributed by atoms with Gasteiger partial charge < -0.3 is 25.4 Å². The monoisotopic (exact) mass is 415 g/mol. The summed E-state index contributed by atoms with van der Waals surface area (Å²) >= 11 is 0. The van der Waals surface area contributed by atoms with Crippen LogP contribution in [-0.4, -0.2) is 58.3 Å². The van der Waals surface area contributed by atoms with Gasteiger partial charge in [-0.05, 0) is 13.3 Å². The molecule has 0 spiro atoms. The first-order valence-corrected chi connectivity index (χ1v) is 11.9. The van der Waals surface area contributed by atoms with Crippen LogP contribution < -0.4 is 5.32 Å². The van der Waals surface area contributed by atoms with Crippen molar-refractivity contribution in [2.24, 2.45) is 5.92 Å². The molecule has 1 aliphatic rings.